The molecule has 78 valence electrons. The van der Waals surface area contributed by atoms with Crippen molar-refractivity contribution in [2.75, 3.05) is 13.2 Å². The minimum atomic E-state index is -0.211. The number of imidazole rings is 1. The minimum absolute atomic E-state index is 0.211. The van der Waals surface area contributed by atoms with E-state index < -0.39 is 0 Å². The third kappa shape index (κ3) is 1.96. The van der Waals surface area contributed by atoms with Crippen molar-refractivity contribution in [1.82, 2.24) is 9.55 Å². The first-order valence-electron chi connectivity index (χ1n) is 5.02. The summed E-state index contributed by atoms with van der Waals surface area (Å²) in [5, 5.41) is 0. The minimum Gasteiger partial charge on any atom is -0.380 e. The maximum atomic E-state index is 6.24. The molecule has 1 saturated heterocycles. The predicted molar refractivity (Wildman–Crippen MR) is 53.9 cm³/mol. The fraction of sp³-hybridized carbons (Fsp3) is 0.700. The van der Waals surface area contributed by atoms with Crippen LogP contribution in [0.4, 0.5) is 0 Å². The molecule has 0 amide bonds. The first-order valence-corrected chi connectivity index (χ1v) is 5.02. The summed E-state index contributed by atoms with van der Waals surface area (Å²) in [6.07, 6.45) is 6.64. The Balaban J connectivity index is 2.05. The molecule has 0 saturated carbocycles. The first-order chi connectivity index (χ1) is 6.70. The quantitative estimate of drug-likeness (QED) is 0.746. The second-order valence-electron chi connectivity index (χ2n) is 4.15. The van der Waals surface area contributed by atoms with Crippen molar-refractivity contribution in [3.05, 3.63) is 18.2 Å². The summed E-state index contributed by atoms with van der Waals surface area (Å²) in [6, 6.07) is 0. The van der Waals surface area contributed by atoms with E-state index in [0.29, 0.717) is 6.61 Å². The fourth-order valence-corrected chi connectivity index (χ4v) is 1.90. The number of nitrogens with zero attached hydrogens (tertiary/aromatic N) is 2. The standard InChI is InChI=1S/C10H17N3O/c1-13-5-4-12-9(13)7-10(11)3-2-6-14-8-10/h4-5H,2-3,6-8,11H2,1H3. The van der Waals surface area contributed by atoms with Gasteiger partial charge < -0.3 is 15.0 Å². The largest absolute Gasteiger partial charge is 0.380 e. The number of rotatable bonds is 2. The van der Waals surface area contributed by atoms with Gasteiger partial charge in [-0.15, -0.1) is 0 Å². The van der Waals surface area contributed by atoms with E-state index in [1.807, 2.05) is 24.0 Å². The van der Waals surface area contributed by atoms with Crippen molar-refractivity contribution in [1.29, 1.82) is 0 Å². The molecule has 1 fully saturated rings. The highest BCUT2D eigenvalue weighted by Crippen LogP contribution is 2.20. The van der Waals surface area contributed by atoms with Gasteiger partial charge in [0.2, 0.25) is 0 Å². The number of ether oxygens (including phenoxy) is 1. The van der Waals surface area contributed by atoms with Crippen LogP contribution < -0.4 is 5.73 Å². The molecule has 2 rings (SSSR count). The lowest BCUT2D eigenvalue weighted by atomic mass is 9.90. The Labute approximate surface area is 84.1 Å². The van der Waals surface area contributed by atoms with Crippen LogP contribution in [0.1, 0.15) is 18.7 Å². The van der Waals surface area contributed by atoms with Crippen molar-refractivity contribution in [3.63, 3.8) is 0 Å². The van der Waals surface area contributed by atoms with Crippen molar-refractivity contribution >= 4 is 0 Å². The van der Waals surface area contributed by atoms with Crippen molar-refractivity contribution in [3.8, 4) is 0 Å². The molecule has 1 aromatic heterocycles. The van der Waals surface area contributed by atoms with Crippen molar-refractivity contribution < 1.29 is 4.74 Å². The van der Waals surface area contributed by atoms with Gasteiger partial charge in [-0.05, 0) is 12.8 Å². The van der Waals surface area contributed by atoms with Crippen LogP contribution in [-0.4, -0.2) is 28.3 Å². The molecule has 0 bridgehead atoms. The summed E-state index contributed by atoms with van der Waals surface area (Å²) >= 11 is 0. The van der Waals surface area contributed by atoms with E-state index in [-0.39, 0.29) is 5.54 Å². The van der Waals surface area contributed by atoms with Crippen molar-refractivity contribution in [2.24, 2.45) is 12.8 Å². The van der Waals surface area contributed by atoms with Gasteiger partial charge in [0.15, 0.2) is 0 Å². The van der Waals surface area contributed by atoms with Crippen LogP contribution in [-0.2, 0) is 18.2 Å². The molecule has 0 radical (unpaired) electrons. The maximum absolute atomic E-state index is 6.24. The molecule has 4 heteroatoms. The number of nitrogens with two attached hydrogens (primary N) is 1. The molecule has 14 heavy (non-hydrogen) atoms. The Morgan fingerprint density at radius 2 is 2.57 bits per heavy atom. The second-order valence-corrected chi connectivity index (χ2v) is 4.15. The van der Waals surface area contributed by atoms with E-state index in [4.69, 9.17) is 10.5 Å². The summed E-state index contributed by atoms with van der Waals surface area (Å²) in [5.41, 5.74) is 6.03. The van der Waals surface area contributed by atoms with E-state index in [0.717, 1.165) is 31.7 Å². The number of hydrogen-bond donors (Lipinski definition) is 1. The molecular formula is C10H17N3O. The molecule has 2 heterocycles. The lowest BCUT2D eigenvalue weighted by Crippen LogP contribution is -2.49. The SMILES string of the molecule is Cn1ccnc1CC1(N)CCCOC1. The molecular weight excluding hydrogens is 178 g/mol. The molecule has 0 aromatic carbocycles. The normalized spacial score (nSPS) is 27.9. The number of aryl methyl sites for hydroxylation is 1. The van der Waals surface area contributed by atoms with E-state index in [2.05, 4.69) is 4.98 Å². The van der Waals surface area contributed by atoms with Gasteiger partial charge in [-0.2, -0.15) is 0 Å². The van der Waals surface area contributed by atoms with E-state index in [9.17, 15) is 0 Å². The second kappa shape index (κ2) is 3.71. The molecule has 1 aliphatic heterocycles. The highest BCUT2D eigenvalue weighted by atomic mass is 16.5. The highest BCUT2D eigenvalue weighted by molar-refractivity contribution is 5.01. The van der Waals surface area contributed by atoms with Crippen molar-refractivity contribution in [2.45, 2.75) is 24.8 Å². The smallest absolute Gasteiger partial charge is 0.110 e. The Morgan fingerprint density at radius 3 is 3.14 bits per heavy atom. The Morgan fingerprint density at radius 1 is 1.71 bits per heavy atom. The van der Waals surface area contributed by atoms with Crippen LogP contribution in [0.2, 0.25) is 0 Å². The van der Waals surface area contributed by atoms with E-state index >= 15 is 0 Å². The average Bonchev–Trinajstić information content (AvgIpc) is 2.52. The van der Waals surface area contributed by atoms with Gasteiger partial charge in [-0.3, -0.25) is 0 Å². The first kappa shape index (κ1) is 9.68. The van der Waals surface area contributed by atoms with Crippen LogP contribution >= 0.6 is 0 Å². The van der Waals surface area contributed by atoms with Gasteiger partial charge in [-0.25, -0.2) is 4.98 Å². The third-order valence-corrected chi connectivity index (χ3v) is 2.78. The van der Waals surface area contributed by atoms with Gasteiger partial charge in [0.25, 0.3) is 0 Å². The molecule has 0 spiro atoms. The summed E-state index contributed by atoms with van der Waals surface area (Å²) < 4.78 is 7.43. The Hall–Kier alpha value is -0.870. The van der Waals surface area contributed by atoms with Gasteiger partial charge in [0, 0.05) is 38.0 Å². The summed E-state index contributed by atoms with van der Waals surface area (Å²) in [5.74, 6) is 1.04. The van der Waals surface area contributed by atoms with Gasteiger partial charge >= 0.3 is 0 Å². The Kier molecular flexibility index (Phi) is 2.56. The summed E-state index contributed by atoms with van der Waals surface area (Å²) in [7, 11) is 2.00. The Bertz CT molecular complexity index is 302. The maximum Gasteiger partial charge on any atom is 0.110 e. The summed E-state index contributed by atoms with van der Waals surface area (Å²) in [4.78, 5) is 4.28. The molecule has 0 aliphatic carbocycles. The predicted octanol–water partition coefficient (Wildman–Crippen LogP) is 0.470. The van der Waals surface area contributed by atoms with Crippen LogP contribution in [0.3, 0.4) is 0 Å². The monoisotopic (exact) mass is 195 g/mol. The molecule has 1 aromatic rings. The number of aromatic nitrogens is 2. The average molecular weight is 195 g/mol. The van der Waals surface area contributed by atoms with E-state index in [1.165, 1.54) is 0 Å². The zero-order valence-electron chi connectivity index (χ0n) is 8.57. The van der Waals surface area contributed by atoms with E-state index in [1.54, 1.807) is 0 Å². The van der Waals surface area contributed by atoms with Crippen LogP contribution in [0, 0.1) is 0 Å². The molecule has 1 atom stereocenters. The molecule has 1 aliphatic rings. The zero-order valence-corrected chi connectivity index (χ0v) is 8.57. The highest BCUT2D eigenvalue weighted by Gasteiger charge is 2.29. The van der Waals surface area contributed by atoms with Gasteiger partial charge in [0.1, 0.15) is 5.82 Å². The molecule has 1 unspecified atom stereocenters. The number of hydrogen-bond acceptors (Lipinski definition) is 3. The topological polar surface area (TPSA) is 53.1 Å². The fourth-order valence-electron chi connectivity index (χ4n) is 1.90. The molecule has 4 nitrogen and oxygen atoms in total. The third-order valence-electron chi connectivity index (χ3n) is 2.78. The van der Waals surface area contributed by atoms with Crippen LogP contribution in [0.5, 0.6) is 0 Å². The zero-order chi connectivity index (χ0) is 10.0. The lowest BCUT2D eigenvalue weighted by molar-refractivity contribution is 0.0372. The molecule has 2 N–H and O–H groups in total. The summed E-state index contributed by atoms with van der Waals surface area (Å²) in [6.45, 7) is 1.50. The lowest BCUT2D eigenvalue weighted by Gasteiger charge is -2.32. The van der Waals surface area contributed by atoms with Gasteiger partial charge in [0.05, 0.1) is 6.61 Å². The van der Waals surface area contributed by atoms with Crippen LogP contribution in [0.25, 0.3) is 0 Å². The van der Waals surface area contributed by atoms with Gasteiger partial charge in [-0.1, -0.05) is 0 Å². The van der Waals surface area contributed by atoms with Crippen LogP contribution in [0.15, 0.2) is 12.4 Å².